The predicted molar refractivity (Wildman–Crippen MR) is 71.6 cm³/mol. The maximum atomic E-state index is 11.8. The average Bonchev–Trinajstić information content (AvgIpc) is 2.47. The summed E-state index contributed by atoms with van der Waals surface area (Å²) in [5, 5.41) is 3.13. The van der Waals surface area contributed by atoms with E-state index in [9.17, 15) is 4.79 Å². The fourth-order valence-corrected chi connectivity index (χ4v) is 2.72. The molecule has 1 saturated carbocycles. The lowest BCUT2D eigenvalue weighted by atomic mass is 9.87. The molecule has 0 spiro atoms. The highest BCUT2D eigenvalue weighted by atomic mass is 16.1. The van der Waals surface area contributed by atoms with Crippen molar-refractivity contribution in [3.05, 3.63) is 0 Å². The zero-order valence-electron chi connectivity index (χ0n) is 11.8. The number of rotatable bonds is 4. The van der Waals surface area contributed by atoms with Gasteiger partial charge in [0, 0.05) is 18.5 Å². The van der Waals surface area contributed by atoms with Crippen LogP contribution in [-0.2, 0) is 4.79 Å². The van der Waals surface area contributed by atoms with Gasteiger partial charge in [-0.05, 0) is 30.6 Å². The minimum Gasteiger partial charge on any atom is -0.353 e. The second-order valence-electron chi connectivity index (χ2n) is 6.81. The van der Waals surface area contributed by atoms with Crippen LogP contribution in [0.4, 0.5) is 0 Å². The first-order valence-electron chi connectivity index (χ1n) is 6.83. The number of nitrogens with one attached hydrogen (secondary N) is 1. The summed E-state index contributed by atoms with van der Waals surface area (Å²) in [6.45, 7) is 8.68. The van der Waals surface area contributed by atoms with Crippen LogP contribution in [-0.4, -0.2) is 18.0 Å². The molecule has 3 unspecified atom stereocenters. The molecule has 1 aliphatic rings. The van der Waals surface area contributed by atoms with Crippen molar-refractivity contribution in [2.75, 3.05) is 0 Å². The molecule has 0 aromatic rings. The fraction of sp³-hybridized carbons (Fsp3) is 0.929. The van der Waals surface area contributed by atoms with Gasteiger partial charge in [0.05, 0.1) is 0 Å². The lowest BCUT2D eigenvalue weighted by molar-refractivity contribution is -0.122. The van der Waals surface area contributed by atoms with Gasteiger partial charge in [-0.2, -0.15) is 0 Å². The molecule has 3 nitrogen and oxygen atoms in total. The Morgan fingerprint density at radius 1 is 1.41 bits per heavy atom. The Kier molecular flexibility index (Phi) is 4.99. The van der Waals surface area contributed by atoms with Gasteiger partial charge in [0.25, 0.3) is 0 Å². The lowest BCUT2D eigenvalue weighted by Gasteiger charge is -2.24. The van der Waals surface area contributed by atoms with Gasteiger partial charge < -0.3 is 11.1 Å². The van der Waals surface area contributed by atoms with E-state index in [2.05, 4.69) is 33.0 Å². The van der Waals surface area contributed by atoms with Gasteiger partial charge in [0.2, 0.25) is 5.91 Å². The summed E-state index contributed by atoms with van der Waals surface area (Å²) in [4.78, 5) is 11.8. The number of carbonyl (C=O) groups excluding carboxylic acids is 1. The molecule has 100 valence electrons. The van der Waals surface area contributed by atoms with E-state index >= 15 is 0 Å². The zero-order valence-corrected chi connectivity index (χ0v) is 11.8. The van der Waals surface area contributed by atoms with Crippen LogP contribution in [0.15, 0.2) is 0 Å². The third kappa shape index (κ3) is 5.53. The number of carbonyl (C=O) groups is 1. The molecule has 1 fully saturated rings. The highest BCUT2D eigenvalue weighted by molar-refractivity contribution is 5.76. The molecule has 0 aliphatic heterocycles. The quantitative estimate of drug-likeness (QED) is 0.793. The van der Waals surface area contributed by atoms with Gasteiger partial charge in [-0.1, -0.05) is 34.1 Å². The Morgan fingerprint density at radius 3 is 2.53 bits per heavy atom. The molecule has 1 rings (SSSR count). The summed E-state index contributed by atoms with van der Waals surface area (Å²) in [7, 11) is 0. The fourth-order valence-electron chi connectivity index (χ4n) is 2.72. The summed E-state index contributed by atoms with van der Waals surface area (Å²) in [6, 6.07) is 0.357. The third-order valence-electron chi connectivity index (χ3n) is 3.53. The molecule has 1 aliphatic carbocycles. The van der Waals surface area contributed by atoms with E-state index in [0.29, 0.717) is 18.4 Å². The van der Waals surface area contributed by atoms with E-state index in [1.165, 1.54) is 12.8 Å². The molecule has 17 heavy (non-hydrogen) atoms. The van der Waals surface area contributed by atoms with Crippen LogP contribution in [0.3, 0.4) is 0 Å². The van der Waals surface area contributed by atoms with Crippen molar-refractivity contribution in [3.8, 4) is 0 Å². The van der Waals surface area contributed by atoms with Gasteiger partial charge in [-0.3, -0.25) is 4.79 Å². The topological polar surface area (TPSA) is 55.1 Å². The molecular weight excluding hydrogens is 212 g/mol. The van der Waals surface area contributed by atoms with Crippen LogP contribution in [0.1, 0.15) is 59.8 Å². The van der Waals surface area contributed by atoms with Crippen molar-refractivity contribution in [1.82, 2.24) is 5.32 Å². The first kappa shape index (κ1) is 14.5. The standard InChI is InChI=1S/C14H28N2O/c1-10-6-5-7-12(10)16-13(17)8-11(15)9-14(2,3)4/h10-12H,5-9,15H2,1-4H3,(H,16,17). The smallest absolute Gasteiger partial charge is 0.221 e. The monoisotopic (exact) mass is 240 g/mol. The van der Waals surface area contributed by atoms with Crippen LogP contribution >= 0.6 is 0 Å². The van der Waals surface area contributed by atoms with Crippen molar-refractivity contribution >= 4 is 5.91 Å². The molecule has 0 bridgehead atoms. The summed E-state index contributed by atoms with van der Waals surface area (Å²) in [5.74, 6) is 0.748. The third-order valence-corrected chi connectivity index (χ3v) is 3.53. The van der Waals surface area contributed by atoms with Gasteiger partial charge in [-0.15, -0.1) is 0 Å². The number of nitrogens with two attached hydrogens (primary N) is 1. The molecule has 0 saturated heterocycles. The van der Waals surface area contributed by atoms with Gasteiger partial charge in [0.15, 0.2) is 0 Å². The van der Waals surface area contributed by atoms with Crippen LogP contribution in [0.2, 0.25) is 0 Å². The van der Waals surface area contributed by atoms with E-state index in [1.54, 1.807) is 0 Å². The van der Waals surface area contributed by atoms with Crippen LogP contribution < -0.4 is 11.1 Å². The summed E-state index contributed by atoms with van der Waals surface area (Å²) in [5.41, 5.74) is 6.20. The van der Waals surface area contributed by atoms with Crippen molar-refractivity contribution in [1.29, 1.82) is 0 Å². The Balaban J connectivity index is 2.29. The molecule has 3 atom stereocenters. The average molecular weight is 240 g/mol. The van der Waals surface area contributed by atoms with Crippen molar-refractivity contribution in [2.24, 2.45) is 17.1 Å². The molecule has 0 aromatic carbocycles. The second-order valence-corrected chi connectivity index (χ2v) is 6.81. The molecular formula is C14H28N2O. The highest BCUT2D eigenvalue weighted by Gasteiger charge is 2.25. The van der Waals surface area contributed by atoms with Crippen molar-refractivity contribution < 1.29 is 4.79 Å². The van der Waals surface area contributed by atoms with Crippen LogP contribution in [0.5, 0.6) is 0 Å². The Labute approximate surface area is 106 Å². The molecule has 0 heterocycles. The normalized spacial score (nSPS) is 26.9. The van der Waals surface area contributed by atoms with Gasteiger partial charge >= 0.3 is 0 Å². The molecule has 1 amide bonds. The van der Waals surface area contributed by atoms with Crippen molar-refractivity contribution in [2.45, 2.75) is 71.9 Å². The SMILES string of the molecule is CC1CCCC1NC(=O)CC(N)CC(C)(C)C. The van der Waals surface area contributed by atoms with Gasteiger partial charge in [-0.25, -0.2) is 0 Å². The largest absolute Gasteiger partial charge is 0.353 e. The van der Waals surface area contributed by atoms with Gasteiger partial charge in [0.1, 0.15) is 0 Å². The number of hydrogen-bond acceptors (Lipinski definition) is 2. The lowest BCUT2D eigenvalue weighted by Crippen LogP contribution is -2.40. The molecule has 0 radical (unpaired) electrons. The summed E-state index contributed by atoms with van der Waals surface area (Å²) >= 11 is 0. The zero-order chi connectivity index (χ0) is 13.1. The predicted octanol–water partition coefficient (Wildman–Crippen LogP) is 2.44. The Bertz CT molecular complexity index is 257. The Morgan fingerprint density at radius 2 is 2.06 bits per heavy atom. The van der Waals surface area contributed by atoms with Crippen molar-refractivity contribution in [3.63, 3.8) is 0 Å². The van der Waals surface area contributed by atoms with Crippen LogP contribution in [0.25, 0.3) is 0 Å². The van der Waals surface area contributed by atoms with E-state index in [-0.39, 0.29) is 17.4 Å². The van der Waals surface area contributed by atoms with Crippen LogP contribution in [0, 0.1) is 11.3 Å². The summed E-state index contributed by atoms with van der Waals surface area (Å²) in [6.07, 6.45) is 4.95. The maximum Gasteiger partial charge on any atom is 0.221 e. The van der Waals surface area contributed by atoms with E-state index in [4.69, 9.17) is 5.73 Å². The Hall–Kier alpha value is -0.570. The molecule has 3 N–H and O–H groups in total. The number of amides is 1. The van der Waals surface area contributed by atoms with E-state index in [0.717, 1.165) is 12.8 Å². The number of hydrogen-bond donors (Lipinski definition) is 2. The van der Waals surface area contributed by atoms with E-state index in [1.807, 2.05) is 0 Å². The van der Waals surface area contributed by atoms with E-state index < -0.39 is 0 Å². The minimum absolute atomic E-state index is 0.0216. The first-order chi connectivity index (χ1) is 7.78. The second kappa shape index (κ2) is 5.85. The highest BCUT2D eigenvalue weighted by Crippen LogP contribution is 2.25. The molecule has 0 aromatic heterocycles. The maximum absolute atomic E-state index is 11.8. The summed E-state index contributed by atoms with van der Waals surface area (Å²) < 4.78 is 0. The minimum atomic E-state index is -0.0216. The first-order valence-corrected chi connectivity index (χ1v) is 6.83. The molecule has 3 heteroatoms.